The van der Waals surface area contributed by atoms with Gasteiger partial charge in [0, 0.05) is 16.3 Å². The number of benzene rings is 3. The molecule has 3 aromatic rings. The van der Waals surface area contributed by atoms with Gasteiger partial charge in [-0.1, -0.05) is 60.1 Å². The third-order valence-electron chi connectivity index (χ3n) is 5.25. The lowest BCUT2D eigenvalue weighted by Crippen LogP contribution is -2.49. The molecular formula is C25H21ClN4O3S. The molecule has 4 rings (SSSR count). The summed E-state index contributed by atoms with van der Waals surface area (Å²) in [6, 6.07) is 23.6. The molecule has 1 aliphatic heterocycles. The summed E-state index contributed by atoms with van der Waals surface area (Å²) in [5.74, 6) is -1.21. The first-order valence-corrected chi connectivity index (χ1v) is 11.3. The van der Waals surface area contributed by atoms with E-state index in [-0.39, 0.29) is 29.9 Å². The Morgan fingerprint density at radius 1 is 0.912 bits per heavy atom. The molecule has 3 aromatic carbocycles. The number of hydrogen-bond acceptors (Lipinski definition) is 4. The molecule has 0 spiro atoms. The number of thiocarbonyl (C=S) groups is 1. The van der Waals surface area contributed by atoms with Crippen LogP contribution in [0.15, 0.2) is 84.9 Å². The summed E-state index contributed by atoms with van der Waals surface area (Å²) < 4.78 is 0. The summed E-state index contributed by atoms with van der Waals surface area (Å²) in [5, 5.41) is 4.68. The minimum atomic E-state index is -0.990. The van der Waals surface area contributed by atoms with Gasteiger partial charge in [-0.3, -0.25) is 24.7 Å². The van der Waals surface area contributed by atoms with Crippen LogP contribution in [0.4, 0.5) is 5.69 Å². The first-order chi connectivity index (χ1) is 16.4. The third kappa shape index (κ3) is 5.41. The molecule has 0 aliphatic carbocycles. The van der Waals surface area contributed by atoms with E-state index in [4.69, 9.17) is 23.8 Å². The standard InChI is InChI=1S/C25H21ClN4O3S/c26-19-13-11-18(12-14-19)23(32)28-30-21(15-22(31)27-20-9-5-2-6-10-20)24(33)29(25(30)34)16-17-7-3-1-4-8-17/h1-14,21H,15-16H2,(H,27,31)(H,28,32)/t21-/m0/s1. The van der Waals surface area contributed by atoms with Crippen LogP contribution in [0.5, 0.6) is 0 Å². The van der Waals surface area contributed by atoms with Gasteiger partial charge in [-0.25, -0.2) is 5.01 Å². The van der Waals surface area contributed by atoms with E-state index in [0.717, 1.165) is 5.56 Å². The normalized spacial score (nSPS) is 15.4. The van der Waals surface area contributed by atoms with Gasteiger partial charge < -0.3 is 5.32 Å². The molecule has 0 bridgehead atoms. The first kappa shape index (κ1) is 23.4. The van der Waals surface area contributed by atoms with Crippen molar-refractivity contribution in [2.45, 2.75) is 19.0 Å². The highest BCUT2D eigenvalue weighted by Gasteiger charge is 2.44. The summed E-state index contributed by atoms with van der Waals surface area (Å²) in [7, 11) is 0. The van der Waals surface area contributed by atoms with Gasteiger partial charge in [-0.15, -0.1) is 0 Å². The summed E-state index contributed by atoms with van der Waals surface area (Å²) in [4.78, 5) is 40.3. The van der Waals surface area contributed by atoms with E-state index in [0.29, 0.717) is 16.3 Å². The maximum absolute atomic E-state index is 13.3. The lowest BCUT2D eigenvalue weighted by molar-refractivity contribution is -0.131. The summed E-state index contributed by atoms with van der Waals surface area (Å²) in [6.07, 6.45) is -0.194. The van der Waals surface area contributed by atoms with Crippen LogP contribution >= 0.6 is 23.8 Å². The molecule has 1 aliphatic rings. The van der Waals surface area contributed by atoms with E-state index in [1.54, 1.807) is 48.5 Å². The average molecular weight is 493 g/mol. The lowest BCUT2D eigenvalue weighted by atomic mass is 10.1. The van der Waals surface area contributed by atoms with Crippen LogP contribution in [0.3, 0.4) is 0 Å². The second kappa shape index (κ2) is 10.5. The second-order valence-electron chi connectivity index (χ2n) is 7.64. The predicted molar refractivity (Wildman–Crippen MR) is 134 cm³/mol. The van der Waals surface area contributed by atoms with Crippen molar-refractivity contribution in [3.8, 4) is 0 Å². The summed E-state index contributed by atoms with van der Waals surface area (Å²) >= 11 is 11.5. The Bertz CT molecular complexity index is 1210. The molecule has 0 radical (unpaired) electrons. The van der Waals surface area contributed by atoms with Crippen molar-refractivity contribution in [1.82, 2.24) is 15.3 Å². The van der Waals surface area contributed by atoms with Crippen LogP contribution in [-0.2, 0) is 16.1 Å². The van der Waals surface area contributed by atoms with Crippen LogP contribution in [-0.4, -0.2) is 38.8 Å². The van der Waals surface area contributed by atoms with Gasteiger partial charge in [0.15, 0.2) is 5.11 Å². The van der Waals surface area contributed by atoms with Gasteiger partial charge in [0.25, 0.3) is 11.8 Å². The Kier molecular flexibility index (Phi) is 7.20. The van der Waals surface area contributed by atoms with Gasteiger partial charge in [0.05, 0.1) is 13.0 Å². The van der Waals surface area contributed by atoms with Gasteiger partial charge >= 0.3 is 0 Å². The van der Waals surface area contributed by atoms with Crippen molar-refractivity contribution < 1.29 is 14.4 Å². The van der Waals surface area contributed by atoms with Crippen molar-refractivity contribution in [3.63, 3.8) is 0 Å². The van der Waals surface area contributed by atoms with E-state index in [1.165, 1.54) is 9.91 Å². The van der Waals surface area contributed by atoms with Gasteiger partial charge in [-0.2, -0.15) is 0 Å². The highest BCUT2D eigenvalue weighted by atomic mass is 35.5. The van der Waals surface area contributed by atoms with Crippen molar-refractivity contribution in [2.24, 2.45) is 0 Å². The molecule has 1 saturated heterocycles. The Labute approximate surface area is 207 Å². The Hall–Kier alpha value is -3.75. The van der Waals surface area contributed by atoms with E-state index in [9.17, 15) is 14.4 Å². The molecular weight excluding hydrogens is 472 g/mol. The fourth-order valence-electron chi connectivity index (χ4n) is 3.55. The highest BCUT2D eigenvalue weighted by molar-refractivity contribution is 7.80. The molecule has 34 heavy (non-hydrogen) atoms. The maximum atomic E-state index is 13.3. The fourth-order valence-corrected chi connectivity index (χ4v) is 4.00. The summed E-state index contributed by atoms with van der Waals surface area (Å²) in [5.41, 5.74) is 4.52. The number of nitrogens with one attached hydrogen (secondary N) is 2. The SMILES string of the molecule is O=C(C[C@H]1C(=O)N(Cc2ccccc2)C(=S)N1NC(=O)c1ccc(Cl)cc1)Nc1ccccc1. The van der Waals surface area contributed by atoms with Crippen LogP contribution in [0.25, 0.3) is 0 Å². The number of hydrazine groups is 1. The zero-order valence-electron chi connectivity index (χ0n) is 18.0. The Morgan fingerprint density at radius 2 is 1.53 bits per heavy atom. The predicted octanol–water partition coefficient (Wildman–Crippen LogP) is 4.01. The quantitative estimate of drug-likeness (QED) is 0.487. The maximum Gasteiger partial charge on any atom is 0.269 e. The molecule has 9 heteroatoms. The number of carbonyl (C=O) groups is 3. The average Bonchev–Trinajstić information content (AvgIpc) is 3.05. The topological polar surface area (TPSA) is 81.8 Å². The second-order valence-corrected chi connectivity index (χ2v) is 8.45. The van der Waals surface area contributed by atoms with Crippen molar-refractivity contribution in [1.29, 1.82) is 0 Å². The number of anilines is 1. The van der Waals surface area contributed by atoms with Crippen molar-refractivity contribution >= 4 is 52.3 Å². The molecule has 0 aromatic heterocycles. The lowest BCUT2D eigenvalue weighted by Gasteiger charge is -2.24. The van der Waals surface area contributed by atoms with Crippen molar-refractivity contribution in [3.05, 3.63) is 101 Å². The smallest absolute Gasteiger partial charge is 0.269 e. The molecule has 0 saturated carbocycles. The number of hydrogen-bond donors (Lipinski definition) is 2. The number of carbonyl (C=O) groups excluding carboxylic acids is 3. The van der Waals surface area contributed by atoms with Crippen LogP contribution in [0.2, 0.25) is 5.02 Å². The number of halogens is 1. The molecule has 172 valence electrons. The van der Waals surface area contributed by atoms with E-state index < -0.39 is 11.9 Å². The molecule has 1 fully saturated rings. The third-order valence-corrected chi connectivity index (χ3v) is 5.92. The number of amides is 3. The largest absolute Gasteiger partial charge is 0.326 e. The van der Waals surface area contributed by atoms with Gasteiger partial charge in [0.1, 0.15) is 6.04 Å². The number of nitrogens with zero attached hydrogens (tertiary/aromatic N) is 2. The Morgan fingerprint density at radius 3 is 2.18 bits per heavy atom. The highest BCUT2D eigenvalue weighted by Crippen LogP contribution is 2.23. The zero-order valence-corrected chi connectivity index (χ0v) is 19.6. The van der Waals surface area contributed by atoms with Crippen LogP contribution in [0, 0.1) is 0 Å². The van der Waals surface area contributed by atoms with Gasteiger partial charge in [-0.05, 0) is 54.2 Å². The zero-order chi connectivity index (χ0) is 24.1. The van der Waals surface area contributed by atoms with E-state index in [1.807, 2.05) is 36.4 Å². The van der Waals surface area contributed by atoms with Crippen molar-refractivity contribution in [2.75, 3.05) is 5.32 Å². The van der Waals surface area contributed by atoms with Gasteiger partial charge in [0.2, 0.25) is 5.91 Å². The van der Waals surface area contributed by atoms with Crippen LogP contribution < -0.4 is 10.7 Å². The molecule has 1 heterocycles. The van der Waals surface area contributed by atoms with E-state index >= 15 is 0 Å². The monoisotopic (exact) mass is 492 g/mol. The van der Waals surface area contributed by atoms with Crippen LogP contribution in [0.1, 0.15) is 22.3 Å². The Balaban J connectivity index is 1.55. The molecule has 3 amide bonds. The minimum absolute atomic E-state index is 0.119. The number of para-hydroxylation sites is 1. The van der Waals surface area contributed by atoms with E-state index in [2.05, 4.69) is 10.7 Å². The summed E-state index contributed by atoms with van der Waals surface area (Å²) in [6.45, 7) is 0.225. The molecule has 1 atom stereocenters. The molecule has 0 unspecified atom stereocenters. The fraction of sp³-hybridized carbons (Fsp3) is 0.120. The molecule has 2 N–H and O–H groups in total. The minimum Gasteiger partial charge on any atom is -0.326 e. The number of rotatable bonds is 7. The first-order valence-electron chi connectivity index (χ1n) is 10.5. The molecule has 7 nitrogen and oxygen atoms in total.